The minimum Gasteiger partial charge on any atom is -0.457 e. The maximum atomic E-state index is 7.22. The van der Waals surface area contributed by atoms with Gasteiger partial charge in [0.25, 0.3) is 0 Å². The first-order valence-corrected chi connectivity index (χ1v) is 22.2. The Morgan fingerprint density at radius 2 is 0.377 bits per heavy atom. The molecule has 0 saturated carbocycles. The lowest BCUT2D eigenvalue weighted by Crippen LogP contribution is -2.55. The van der Waals surface area contributed by atoms with E-state index in [9.17, 15) is 0 Å². The van der Waals surface area contributed by atoms with Crippen molar-refractivity contribution >= 4 is 403 Å². The van der Waals surface area contributed by atoms with Crippen molar-refractivity contribution in [3.8, 4) is 56.4 Å². The Hall–Kier alpha value is -5.10. The maximum absolute atomic E-state index is 7.22. The second-order valence-electron chi connectivity index (χ2n) is 18.1. The maximum Gasteiger partial charge on any atom is 0.163 e. The summed E-state index contributed by atoms with van der Waals surface area (Å²) in [6.07, 6.45) is 0. The molecule has 7 aromatic carbocycles. The molecule has 10 aromatic rings. The number of aromatic nitrogens is 3. The van der Waals surface area contributed by atoms with Gasteiger partial charge in [0, 0.05) is 43.8 Å². The van der Waals surface area contributed by atoms with Gasteiger partial charge in [-0.05, 0) is 22.2 Å². The van der Waals surface area contributed by atoms with Crippen LogP contribution < -0.4 is 147 Å². The van der Waals surface area contributed by atoms with Crippen LogP contribution in [0.5, 0.6) is 0 Å². The first-order valence-electron chi connectivity index (χ1n) is 22.2. The van der Waals surface area contributed by atoms with Crippen LogP contribution in [0.4, 0.5) is 0 Å². The summed E-state index contributed by atoms with van der Waals surface area (Å²) in [5.74, 6) is -0.861. The molecule has 0 unspecified atom stereocenters. The molecule has 0 spiro atoms. The third-order valence-corrected chi connectivity index (χ3v) is 14.1. The van der Waals surface area contributed by atoms with Gasteiger partial charge in [-0.1, -0.05) is 81.9 Å². The zero-order valence-electron chi connectivity index (χ0n) is 40.2. The highest BCUT2D eigenvalue weighted by Gasteiger charge is 2.31. The first-order chi connectivity index (χ1) is 36.0. The largest absolute Gasteiger partial charge is 0.457 e. The fourth-order valence-corrected chi connectivity index (χ4v) is 9.77. The van der Waals surface area contributed by atoms with E-state index in [1.165, 1.54) is 0 Å². The molecule has 0 aliphatic carbocycles. The molecule has 77 heavy (non-hydrogen) atoms. The fourth-order valence-electron chi connectivity index (χ4n) is 9.77. The monoisotopic (exact) mass is 911 g/mol. The summed E-state index contributed by atoms with van der Waals surface area (Å²) < 4.78 is 13.0. The van der Waals surface area contributed by atoms with Crippen LogP contribution >= 0.6 is 0 Å². The van der Waals surface area contributed by atoms with Gasteiger partial charge in [-0.25, -0.2) is 15.0 Å². The quantitative estimate of drug-likeness (QED) is 0.161. The molecule has 0 saturated heterocycles. The molecule has 0 fully saturated rings. The van der Waals surface area contributed by atoms with E-state index < -0.39 is 0 Å². The van der Waals surface area contributed by atoms with Crippen LogP contribution in [0.3, 0.4) is 0 Å². The number of hydrogen-bond acceptors (Lipinski definition) is 5. The van der Waals surface area contributed by atoms with E-state index in [0.29, 0.717) is 0 Å². The normalized spacial score (nSPS) is 11.7. The molecule has 3 aromatic heterocycles. The molecule has 32 heteroatoms. The van der Waals surface area contributed by atoms with Gasteiger partial charge in [0.2, 0.25) is 0 Å². The third-order valence-electron chi connectivity index (χ3n) is 14.1. The molecule has 10 rings (SSSR count). The number of benzene rings is 7. The smallest absolute Gasteiger partial charge is 0.163 e. The minimum absolute atomic E-state index is 0.00275. The summed E-state index contributed by atoms with van der Waals surface area (Å²) in [5, 5.41) is 0.201. The summed E-state index contributed by atoms with van der Waals surface area (Å²) in [6.45, 7) is 0. The van der Waals surface area contributed by atoms with E-state index in [2.05, 4.69) is 15.0 Å². The molecule has 0 amide bonds. The number of fused-ring (bicyclic) bond motifs is 6. The van der Waals surface area contributed by atoms with Gasteiger partial charge in [-0.2, -0.15) is 0 Å². The zero-order chi connectivity index (χ0) is 56.5. The van der Waals surface area contributed by atoms with Crippen LogP contribution in [-0.4, -0.2) is 227 Å². The Morgan fingerprint density at radius 3 is 0.805 bits per heavy atom. The Labute approximate surface area is 480 Å². The Morgan fingerprint density at radius 1 is 0.156 bits per heavy atom. The van der Waals surface area contributed by atoms with Gasteiger partial charge in [-0.15, -0.1) is 60.1 Å². The predicted molar refractivity (Wildman–Crippen MR) is 347 cm³/mol. The van der Waals surface area contributed by atoms with Gasteiger partial charge in [0.15, 0.2) is 17.5 Å². The highest BCUT2D eigenvalue weighted by molar-refractivity contribution is 6.74. The zero-order valence-corrected chi connectivity index (χ0v) is 40.2. The summed E-state index contributed by atoms with van der Waals surface area (Å²) >= 11 is 0. The average molecular weight is 906 g/mol. The molecule has 54 radical (unpaired) electrons. The van der Waals surface area contributed by atoms with Crippen LogP contribution in [0.25, 0.3) is 100 Å². The highest BCUT2D eigenvalue weighted by atomic mass is 16.3. The molecular formula is C45B27N3O2. The summed E-state index contributed by atoms with van der Waals surface area (Å²) in [6, 6.07) is 0. The molecule has 288 valence electrons. The molecule has 0 aliphatic rings. The van der Waals surface area contributed by atoms with E-state index in [-0.39, 0.29) is 248 Å². The number of hydrogen-bond donors (Lipinski definition) is 0. The first kappa shape index (κ1) is 55.2. The van der Waals surface area contributed by atoms with Gasteiger partial charge in [0.1, 0.15) is 234 Å². The van der Waals surface area contributed by atoms with Gasteiger partial charge < -0.3 is 8.83 Å². The van der Waals surface area contributed by atoms with E-state index in [0.717, 1.165) is 0 Å². The van der Waals surface area contributed by atoms with Crippen LogP contribution in [-0.2, 0) is 0 Å². The van der Waals surface area contributed by atoms with Crippen molar-refractivity contribution in [1.82, 2.24) is 15.0 Å². The molecule has 3 heterocycles. The molecule has 0 bridgehead atoms. The minimum atomic E-state index is -0.308. The standard InChI is InChI=1S/C45B27N3O2/c46-12-4(6-17(51)13(47)1(3-14(48)26(60)33(67)27(61)15(3)49)2-5-19(53)28(62)36(70)38(72)41(5)76-39(2)6)16(50)37(71)42-7(12)8-18(52)20(54)11(25(59)40(8)77-42)45-74-43(9-21(55)29(63)34(68)30(64)22(9)56)73-44(75-45)10-23(57)31(65)35(69)32(66)24(10)58. The van der Waals surface area contributed by atoms with Crippen molar-refractivity contribution < 1.29 is 8.83 Å². The number of furan rings is 2. The second-order valence-corrected chi connectivity index (χ2v) is 18.1. The summed E-state index contributed by atoms with van der Waals surface area (Å²) in [7, 11) is 178. The summed E-state index contributed by atoms with van der Waals surface area (Å²) in [4.78, 5) is 14.0. The molecule has 0 N–H and O–H groups in total. The Balaban J connectivity index is 1.32. The lowest BCUT2D eigenvalue weighted by molar-refractivity contribution is 0.673. The predicted octanol–water partition coefficient (Wildman–Crippen LogP) is -20.6. The van der Waals surface area contributed by atoms with Gasteiger partial charge in [0.05, 0.1) is 0 Å². The van der Waals surface area contributed by atoms with Crippen molar-refractivity contribution in [1.29, 1.82) is 0 Å². The van der Waals surface area contributed by atoms with E-state index in [1.54, 1.807) is 0 Å². The molecule has 0 aliphatic heterocycles. The van der Waals surface area contributed by atoms with Crippen LogP contribution in [0.2, 0.25) is 0 Å². The molecule has 5 nitrogen and oxygen atoms in total. The van der Waals surface area contributed by atoms with E-state index >= 15 is 0 Å². The highest BCUT2D eigenvalue weighted by Crippen LogP contribution is 2.38. The van der Waals surface area contributed by atoms with Crippen LogP contribution in [0.15, 0.2) is 8.83 Å². The number of rotatable bonds is 5. The topological polar surface area (TPSA) is 65.0 Å². The van der Waals surface area contributed by atoms with Crippen molar-refractivity contribution in [2.45, 2.75) is 0 Å². The lowest BCUT2D eigenvalue weighted by Gasteiger charge is -2.26. The number of nitrogens with zero attached hydrogens (tertiary/aromatic N) is 3. The van der Waals surface area contributed by atoms with Crippen molar-refractivity contribution in [2.75, 3.05) is 0 Å². The second kappa shape index (κ2) is 19.0. The van der Waals surface area contributed by atoms with E-state index in [1.807, 2.05) is 0 Å². The molecular weight excluding hydrogens is 906 g/mol. The SMILES string of the molecule is [B]c1c([B])c([B])c(-c2nc(-c3c([B])c([B])c([B])c([B])c3[B])nc(-c3c([B])c([B])c4c(oc5c([B])c([B])c(-c6c([B])c([B])c(-c7c([B])c([B])c([B])c([B])c7[B])c7c6oc6c([B])c([B])c([B])c([B])c67)c([B])c54)c3[B])n2)c([B])c1[B]. The Bertz CT molecular complexity index is 4260. The van der Waals surface area contributed by atoms with E-state index in [4.69, 9.17) is 221 Å². The average Bonchev–Trinajstić information content (AvgIpc) is 4.02. The fraction of sp³-hybridized carbons (Fsp3) is 0. The summed E-state index contributed by atoms with van der Waals surface area (Å²) in [5.41, 5.74) is -5.24. The molecule has 0 atom stereocenters. The van der Waals surface area contributed by atoms with Crippen LogP contribution in [0.1, 0.15) is 0 Å². The van der Waals surface area contributed by atoms with Crippen molar-refractivity contribution in [3.05, 3.63) is 0 Å². The van der Waals surface area contributed by atoms with Crippen molar-refractivity contribution in [3.63, 3.8) is 0 Å². The van der Waals surface area contributed by atoms with Gasteiger partial charge >= 0.3 is 0 Å². The lowest BCUT2D eigenvalue weighted by atomic mass is 9.57. The van der Waals surface area contributed by atoms with Crippen molar-refractivity contribution in [2.24, 2.45) is 0 Å². The Kier molecular flexibility index (Phi) is 13.7. The van der Waals surface area contributed by atoms with Crippen LogP contribution in [0, 0.1) is 0 Å². The van der Waals surface area contributed by atoms with Gasteiger partial charge in [-0.3, -0.25) is 0 Å². The third kappa shape index (κ3) is 7.57.